The van der Waals surface area contributed by atoms with Gasteiger partial charge >= 0.3 is 5.97 Å². The molecule has 2 N–H and O–H groups in total. The summed E-state index contributed by atoms with van der Waals surface area (Å²) in [5, 5.41) is 19.3. The van der Waals surface area contributed by atoms with Gasteiger partial charge in [0.05, 0.1) is 16.1 Å². The smallest absolute Gasteiger partial charge is 0.335 e. The second-order valence-electron chi connectivity index (χ2n) is 5.90. The van der Waals surface area contributed by atoms with E-state index < -0.39 is 21.6 Å². The third-order valence-electron chi connectivity index (χ3n) is 4.24. The van der Waals surface area contributed by atoms with E-state index in [-0.39, 0.29) is 23.5 Å². The lowest BCUT2D eigenvalue weighted by molar-refractivity contribution is -0.00203. The van der Waals surface area contributed by atoms with Crippen LogP contribution in [0.3, 0.4) is 0 Å². The zero-order valence-corrected chi connectivity index (χ0v) is 13.8. The van der Waals surface area contributed by atoms with Gasteiger partial charge in [0, 0.05) is 13.1 Å². The van der Waals surface area contributed by atoms with Crippen molar-refractivity contribution in [3.8, 4) is 0 Å². The molecule has 1 aromatic carbocycles. The first kappa shape index (κ1) is 17.7. The fourth-order valence-corrected chi connectivity index (χ4v) is 4.33. The van der Waals surface area contributed by atoms with Gasteiger partial charge in [-0.1, -0.05) is 6.08 Å². The number of aliphatic hydroxyl groups is 1. The van der Waals surface area contributed by atoms with Gasteiger partial charge in [0.2, 0.25) is 10.0 Å². The normalized spacial score (nSPS) is 18.5. The van der Waals surface area contributed by atoms with Crippen molar-refractivity contribution in [2.24, 2.45) is 0 Å². The topological polar surface area (TPSA) is 94.9 Å². The van der Waals surface area contributed by atoms with Gasteiger partial charge < -0.3 is 10.2 Å². The highest BCUT2D eigenvalue weighted by atomic mass is 32.2. The molecule has 7 heteroatoms. The lowest BCUT2D eigenvalue weighted by Gasteiger charge is -2.37. The molecule has 1 aromatic rings. The molecule has 0 aliphatic carbocycles. The predicted molar refractivity (Wildman–Crippen MR) is 85.9 cm³/mol. The summed E-state index contributed by atoms with van der Waals surface area (Å²) in [4.78, 5) is 11.1. The molecular formula is C16H21NO5S. The van der Waals surface area contributed by atoms with Crippen molar-refractivity contribution in [1.82, 2.24) is 4.31 Å². The molecule has 0 spiro atoms. The summed E-state index contributed by atoms with van der Waals surface area (Å²) < 4.78 is 26.7. The van der Waals surface area contributed by atoms with Crippen molar-refractivity contribution >= 4 is 16.0 Å². The molecule has 0 unspecified atom stereocenters. The van der Waals surface area contributed by atoms with Crippen LogP contribution in [0.25, 0.3) is 0 Å². The zero-order valence-electron chi connectivity index (χ0n) is 13.0. The number of hydrogen-bond donors (Lipinski definition) is 2. The Balaban J connectivity index is 2.22. The highest BCUT2D eigenvalue weighted by Gasteiger charge is 2.36. The lowest BCUT2D eigenvalue weighted by atomic mass is 9.89. The molecule has 1 saturated heterocycles. The van der Waals surface area contributed by atoms with Gasteiger partial charge in [0.25, 0.3) is 0 Å². The number of aromatic carboxylic acids is 1. The molecule has 0 bridgehead atoms. The van der Waals surface area contributed by atoms with Crippen molar-refractivity contribution in [2.75, 3.05) is 13.1 Å². The number of piperidine rings is 1. The van der Waals surface area contributed by atoms with Crippen LogP contribution in [0.1, 0.15) is 35.2 Å². The summed E-state index contributed by atoms with van der Waals surface area (Å²) in [5.74, 6) is -1.08. The Hall–Kier alpha value is -1.70. The van der Waals surface area contributed by atoms with E-state index in [4.69, 9.17) is 5.11 Å². The molecule has 2 rings (SSSR count). The van der Waals surface area contributed by atoms with Gasteiger partial charge in [-0.3, -0.25) is 0 Å². The second kappa shape index (κ2) is 6.43. The van der Waals surface area contributed by atoms with E-state index in [0.29, 0.717) is 24.8 Å². The number of carboxylic acids is 1. The Morgan fingerprint density at radius 3 is 2.48 bits per heavy atom. The second-order valence-corrected chi connectivity index (χ2v) is 7.84. The van der Waals surface area contributed by atoms with E-state index in [1.807, 2.05) is 0 Å². The third kappa shape index (κ3) is 3.63. The SMILES string of the molecule is C=CCC1(O)CCN(S(=O)(=O)c2ccc(C(=O)O)c(C)c2)CC1. The van der Waals surface area contributed by atoms with Gasteiger partial charge in [-0.2, -0.15) is 4.31 Å². The summed E-state index contributed by atoms with van der Waals surface area (Å²) in [6, 6.07) is 4.00. The highest BCUT2D eigenvalue weighted by Crippen LogP contribution is 2.29. The number of benzene rings is 1. The van der Waals surface area contributed by atoms with Crippen LogP contribution in [0.15, 0.2) is 35.7 Å². The van der Waals surface area contributed by atoms with Crippen LogP contribution in [0.2, 0.25) is 0 Å². The van der Waals surface area contributed by atoms with Crippen LogP contribution in [-0.4, -0.2) is 47.6 Å². The largest absolute Gasteiger partial charge is 0.478 e. The Bertz CT molecular complexity index is 718. The Morgan fingerprint density at radius 2 is 2.00 bits per heavy atom. The fourth-order valence-electron chi connectivity index (χ4n) is 2.80. The first-order valence-electron chi connectivity index (χ1n) is 7.37. The van der Waals surface area contributed by atoms with Crippen molar-refractivity contribution in [3.63, 3.8) is 0 Å². The molecule has 1 aliphatic rings. The van der Waals surface area contributed by atoms with Crippen LogP contribution >= 0.6 is 0 Å². The summed E-state index contributed by atoms with van der Waals surface area (Å²) in [7, 11) is -3.69. The molecule has 126 valence electrons. The van der Waals surface area contributed by atoms with Gasteiger partial charge in [-0.15, -0.1) is 6.58 Å². The van der Waals surface area contributed by atoms with Gasteiger partial charge in [-0.05, 0) is 49.9 Å². The number of sulfonamides is 1. The van der Waals surface area contributed by atoms with Gasteiger partial charge in [-0.25, -0.2) is 13.2 Å². The molecule has 23 heavy (non-hydrogen) atoms. The summed E-state index contributed by atoms with van der Waals surface area (Å²) in [6.45, 7) is 5.64. The third-order valence-corrected chi connectivity index (χ3v) is 6.14. The average molecular weight is 339 g/mol. The highest BCUT2D eigenvalue weighted by molar-refractivity contribution is 7.89. The minimum Gasteiger partial charge on any atom is -0.478 e. The first-order valence-corrected chi connectivity index (χ1v) is 8.81. The number of hydrogen-bond acceptors (Lipinski definition) is 4. The number of nitrogens with zero attached hydrogens (tertiary/aromatic N) is 1. The molecular weight excluding hydrogens is 318 g/mol. The first-order chi connectivity index (χ1) is 10.7. The lowest BCUT2D eigenvalue weighted by Crippen LogP contribution is -2.46. The van der Waals surface area contributed by atoms with E-state index in [1.54, 1.807) is 13.0 Å². The molecule has 1 aliphatic heterocycles. The molecule has 0 saturated carbocycles. The minimum atomic E-state index is -3.69. The van der Waals surface area contributed by atoms with E-state index in [2.05, 4.69) is 6.58 Å². The molecule has 0 radical (unpaired) electrons. The number of aryl methyl sites for hydroxylation is 1. The van der Waals surface area contributed by atoms with Crippen LogP contribution in [0, 0.1) is 6.92 Å². The fraction of sp³-hybridized carbons (Fsp3) is 0.438. The molecule has 0 aromatic heterocycles. The number of carboxylic acid groups (broad SMARTS) is 1. The van der Waals surface area contributed by atoms with E-state index in [0.717, 1.165) is 0 Å². The summed E-state index contributed by atoms with van der Waals surface area (Å²) in [6.07, 6.45) is 2.78. The standard InChI is InChI=1S/C16H21NO5S/c1-3-6-16(20)7-9-17(10-8-16)23(21,22)13-4-5-14(15(18)19)12(2)11-13/h3-5,11,20H,1,6-10H2,2H3,(H,18,19). The molecule has 0 amide bonds. The van der Waals surface area contributed by atoms with Crippen molar-refractivity contribution < 1.29 is 23.4 Å². The molecule has 1 fully saturated rings. The van der Waals surface area contributed by atoms with Crippen molar-refractivity contribution in [1.29, 1.82) is 0 Å². The van der Waals surface area contributed by atoms with E-state index in [1.165, 1.54) is 22.5 Å². The summed E-state index contributed by atoms with van der Waals surface area (Å²) >= 11 is 0. The Labute approximate surface area is 136 Å². The minimum absolute atomic E-state index is 0.0779. The maximum absolute atomic E-state index is 12.7. The van der Waals surface area contributed by atoms with E-state index in [9.17, 15) is 18.3 Å². The van der Waals surface area contributed by atoms with Gasteiger partial charge in [0.1, 0.15) is 0 Å². The van der Waals surface area contributed by atoms with Gasteiger partial charge in [0.15, 0.2) is 0 Å². The Kier molecular flexibility index (Phi) is 4.93. The Morgan fingerprint density at radius 1 is 1.39 bits per heavy atom. The maximum atomic E-state index is 12.7. The van der Waals surface area contributed by atoms with Crippen LogP contribution in [-0.2, 0) is 10.0 Å². The van der Waals surface area contributed by atoms with Crippen LogP contribution < -0.4 is 0 Å². The van der Waals surface area contributed by atoms with E-state index >= 15 is 0 Å². The molecule has 1 heterocycles. The van der Waals surface area contributed by atoms with Crippen LogP contribution in [0.4, 0.5) is 0 Å². The molecule has 0 atom stereocenters. The zero-order chi connectivity index (χ0) is 17.3. The van der Waals surface area contributed by atoms with Crippen LogP contribution in [0.5, 0.6) is 0 Å². The monoisotopic (exact) mass is 339 g/mol. The number of rotatable bonds is 5. The predicted octanol–water partition coefficient (Wildman–Crippen LogP) is 1.78. The van der Waals surface area contributed by atoms with Crippen molar-refractivity contribution in [3.05, 3.63) is 42.0 Å². The maximum Gasteiger partial charge on any atom is 0.335 e. The van der Waals surface area contributed by atoms with Crippen molar-refractivity contribution in [2.45, 2.75) is 36.7 Å². The molecule has 6 nitrogen and oxygen atoms in total. The quantitative estimate of drug-likeness (QED) is 0.798. The average Bonchev–Trinajstić information content (AvgIpc) is 2.47. The number of carbonyl (C=O) groups is 1. The summed E-state index contributed by atoms with van der Waals surface area (Å²) in [5.41, 5.74) is -0.404.